The second kappa shape index (κ2) is 7.70. The summed E-state index contributed by atoms with van der Waals surface area (Å²) in [4.78, 5) is 31.2. The lowest BCUT2D eigenvalue weighted by Gasteiger charge is -2.12. The molecule has 0 saturated carbocycles. The Balaban J connectivity index is 1.44. The highest BCUT2D eigenvalue weighted by Crippen LogP contribution is 2.33. The van der Waals surface area contributed by atoms with Crippen LogP contribution in [-0.4, -0.2) is 32.0 Å². The summed E-state index contributed by atoms with van der Waals surface area (Å²) in [7, 11) is 0. The minimum atomic E-state index is -0.252. The first-order valence-electron chi connectivity index (χ1n) is 10.3. The second-order valence-electron chi connectivity index (χ2n) is 7.82. The van der Waals surface area contributed by atoms with Gasteiger partial charge < -0.3 is 10.3 Å². The van der Waals surface area contributed by atoms with Gasteiger partial charge in [0.2, 0.25) is 0 Å². The van der Waals surface area contributed by atoms with Gasteiger partial charge in [0.1, 0.15) is 5.94 Å². The van der Waals surface area contributed by atoms with Crippen LogP contribution in [0.5, 0.6) is 0 Å². The van der Waals surface area contributed by atoms with Crippen molar-refractivity contribution in [1.29, 1.82) is 0 Å². The molecule has 1 aliphatic carbocycles. The van der Waals surface area contributed by atoms with Crippen molar-refractivity contribution < 1.29 is 9.59 Å². The van der Waals surface area contributed by atoms with Crippen molar-refractivity contribution in [2.75, 3.05) is 0 Å². The maximum absolute atomic E-state index is 12.7. The Bertz CT molecular complexity index is 1370. The molecule has 1 unspecified atom stereocenters. The summed E-state index contributed by atoms with van der Waals surface area (Å²) >= 11 is 0. The molecule has 2 heterocycles. The van der Waals surface area contributed by atoms with E-state index < -0.39 is 0 Å². The molecule has 0 spiro atoms. The summed E-state index contributed by atoms with van der Waals surface area (Å²) in [5, 5.41) is 11.5. The SMILES string of the molecule is CC(NC(=O)c1nc2cc3c(C4=CCC(=C=O)CC4)n[nH]c3cc2[nH]1)c1ccccc1. The van der Waals surface area contributed by atoms with Gasteiger partial charge in [0.25, 0.3) is 5.91 Å². The fraction of sp³-hybridized carbons (Fsp3) is 0.208. The van der Waals surface area contributed by atoms with Crippen molar-refractivity contribution in [3.8, 4) is 0 Å². The zero-order valence-corrected chi connectivity index (χ0v) is 17.0. The van der Waals surface area contributed by atoms with Gasteiger partial charge in [-0.1, -0.05) is 36.4 Å². The van der Waals surface area contributed by atoms with Crippen molar-refractivity contribution in [3.63, 3.8) is 0 Å². The molecule has 7 heteroatoms. The van der Waals surface area contributed by atoms with Gasteiger partial charge in [0.15, 0.2) is 5.82 Å². The van der Waals surface area contributed by atoms with E-state index in [1.54, 1.807) is 0 Å². The normalized spacial score (nSPS) is 15.0. The van der Waals surface area contributed by atoms with E-state index in [0.29, 0.717) is 18.4 Å². The van der Waals surface area contributed by atoms with Crippen LogP contribution < -0.4 is 5.32 Å². The number of hydrogen-bond acceptors (Lipinski definition) is 4. The standard InChI is InChI=1S/C24H21N5O2/c1-14(16-5-3-2-4-6-16)25-24(31)23-26-20-11-18-19(12-21(20)27-23)28-29-22(18)17-9-7-15(13-30)8-10-17/h2-6,9,11-12,14H,7-8,10H2,1H3,(H,25,31)(H,26,27)(H,28,29). The lowest BCUT2D eigenvalue weighted by molar-refractivity contribution is 0.0930. The van der Waals surface area contributed by atoms with Crippen molar-refractivity contribution in [2.45, 2.75) is 32.2 Å². The maximum atomic E-state index is 12.7. The molecule has 1 amide bonds. The van der Waals surface area contributed by atoms with Crippen LogP contribution in [0.4, 0.5) is 0 Å². The molecule has 0 aliphatic heterocycles. The predicted octanol–water partition coefficient (Wildman–Crippen LogP) is 4.26. The summed E-state index contributed by atoms with van der Waals surface area (Å²) in [6.07, 6.45) is 4.12. The van der Waals surface area contributed by atoms with Crippen LogP contribution in [0.3, 0.4) is 0 Å². The summed E-state index contributed by atoms with van der Waals surface area (Å²) in [6.45, 7) is 1.94. The first-order valence-corrected chi connectivity index (χ1v) is 10.3. The minimum absolute atomic E-state index is 0.129. The van der Waals surface area contributed by atoms with Crippen molar-refractivity contribution in [1.82, 2.24) is 25.5 Å². The van der Waals surface area contributed by atoms with E-state index in [0.717, 1.165) is 45.2 Å². The number of nitrogens with zero attached hydrogens (tertiary/aromatic N) is 2. The summed E-state index contributed by atoms with van der Waals surface area (Å²) in [5.41, 5.74) is 6.14. The number of carbonyl (C=O) groups is 1. The van der Waals surface area contributed by atoms with E-state index in [1.807, 2.05) is 61.4 Å². The largest absolute Gasteiger partial charge is 0.343 e. The molecule has 7 nitrogen and oxygen atoms in total. The zero-order valence-electron chi connectivity index (χ0n) is 17.0. The highest BCUT2D eigenvalue weighted by atomic mass is 16.2. The number of fused-ring (bicyclic) bond motifs is 2. The fourth-order valence-electron chi connectivity index (χ4n) is 4.01. The average Bonchev–Trinajstić information content (AvgIpc) is 3.41. The maximum Gasteiger partial charge on any atom is 0.287 e. The molecule has 0 saturated heterocycles. The number of benzene rings is 2. The molecule has 1 aliphatic rings. The summed E-state index contributed by atoms with van der Waals surface area (Å²) in [6, 6.07) is 13.5. The highest BCUT2D eigenvalue weighted by molar-refractivity contribution is 6.01. The quantitative estimate of drug-likeness (QED) is 0.437. The Kier molecular flexibility index (Phi) is 4.73. The molecule has 2 aromatic carbocycles. The molecule has 0 bridgehead atoms. The third-order valence-corrected chi connectivity index (χ3v) is 5.77. The molecule has 154 valence electrons. The lowest BCUT2D eigenvalue weighted by atomic mass is 9.92. The van der Waals surface area contributed by atoms with Gasteiger partial charge in [0, 0.05) is 11.0 Å². The molecular weight excluding hydrogens is 390 g/mol. The van der Waals surface area contributed by atoms with Crippen LogP contribution in [-0.2, 0) is 4.79 Å². The smallest absolute Gasteiger partial charge is 0.287 e. The van der Waals surface area contributed by atoms with Crippen molar-refractivity contribution in [2.24, 2.45) is 0 Å². The van der Waals surface area contributed by atoms with E-state index in [4.69, 9.17) is 0 Å². The summed E-state index contributed by atoms with van der Waals surface area (Å²) in [5.74, 6) is 2.03. The van der Waals surface area contributed by atoms with Gasteiger partial charge >= 0.3 is 0 Å². The Hall–Kier alpha value is -3.96. The molecular formula is C24H21N5O2. The van der Waals surface area contributed by atoms with Gasteiger partial charge in [-0.2, -0.15) is 5.10 Å². The van der Waals surface area contributed by atoms with Crippen molar-refractivity contribution >= 4 is 39.4 Å². The van der Waals surface area contributed by atoms with E-state index >= 15 is 0 Å². The number of aromatic amines is 2. The van der Waals surface area contributed by atoms with E-state index in [9.17, 15) is 9.59 Å². The van der Waals surface area contributed by atoms with Gasteiger partial charge in [-0.05, 0) is 49.5 Å². The zero-order chi connectivity index (χ0) is 21.4. The Morgan fingerprint density at radius 2 is 2.00 bits per heavy atom. The average molecular weight is 411 g/mol. The second-order valence-corrected chi connectivity index (χ2v) is 7.82. The van der Waals surface area contributed by atoms with Crippen LogP contribution in [0.1, 0.15) is 54.1 Å². The Labute approximate surface area is 178 Å². The monoisotopic (exact) mass is 411 g/mol. The number of H-pyrrole nitrogens is 2. The number of aromatic nitrogens is 4. The number of hydrogen-bond donors (Lipinski definition) is 3. The van der Waals surface area contributed by atoms with Crippen LogP contribution in [0.15, 0.2) is 54.1 Å². The number of allylic oxidation sites excluding steroid dienone is 3. The molecule has 4 aromatic rings. The number of rotatable bonds is 4. The van der Waals surface area contributed by atoms with Gasteiger partial charge in [-0.3, -0.25) is 9.89 Å². The molecule has 0 fully saturated rings. The van der Waals surface area contributed by atoms with E-state index in [1.165, 1.54) is 0 Å². The molecule has 5 rings (SSSR count). The number of carbonyl (C=O) groups excluding carboxylic acids is 2. The van der Waals surface area contributed by atoms with Crippen LogP contribution >= 0.6 is 0 Å². The number of nitrogens with one attached hydrogen (secondary N) is 3. The third-order valence-electron chi connectivity index (χ3n) is 5.77. The Morgan fingerprint density at radius 3 is 2.74 bits per heavy atom. The summed E-state index contributed by atoms with van der Waals surface area (Å²) < 4.78 is 0. The first kappa shape index (κ1) is 19.0. The Morgan fingerprint density at radius 1 is 1.16 bits per heavy atom. The van der Waals surface area contributed by atoms with Crippen LogP contribution in [0, 0.1) is 0 Å². The molecule has 2 aromatic heterocycles. The van der Waals surface area contributed by atoms with Gasteiger partial charge in [-0.15, -0.1) is 0 Å². The number of imidazole rings is 1. The minimum Gasteiger partial charge on any atom is -0.343 e. The molecule has 3 N–H and O–H groups in total. The van der Waals surface area contributed by atoms with Crippen molar-refractivity contribution in [3.05, 3.63) is 71.2 Å². The van der Waals surface area contributed by atoms with Crippen LogP contribution in [0.25, 0.3) is 27.5 Å². The molecule has 31 heavy (non-hydrogen) atoms. The predicted molar refractivity (Wildman–Crippen MR) is 119 cm³/mol. The third kappa shape index (κ3) is 3.56. The fourth-order valence-corrected chi connectivity index (χ4v) is 4.01. The van der Waals surface area contributed by atoms with E-state index in [2.05, 4.69) is 25.5 Å². The first-order chi connectivity index (χ1) is 15.1. The highest BCUT2D eigenvalue weighted by Gasteiger charge is 2.19. The van der Waals surface area contributed by atoms with E-state index in [-0.39, 0.29) is 17.8 Å². The molecule has 1 atom stereocenters. The topological polar surface area (TPSA) is 104 Å². The van der Waals surface area contributed by atoms with Crippen LogP contribution in [0.2, 0.25) is 0 Å². The lowest BCUT2D eigenvalue weighted by Crippen LogP contribution is -2.27. The number of amides is 1. The van der Waals surface area contributed by atoms with Gasteiger partial charge in [-0.25, -0.2) is 9.78 Å². The molecule has 0 radical (unpaired) electrons. The van der Waals surface area contributed by atoms with Gasteiger partial charge in [0.05, 0.1) is 28.3 Å².